The molecule has 0 bridgehead atoms. The molecule has 3 rings (SSSR count). The molecule has 0 aromatic heterocycles. The Morgan fingerprint density at radius 3 is 2.64 bits per heavy atom. The van der Waals surface area contributed by atoms with Gasteiger partial charge >= 0.3 is 0 Å². The molecule has 2 aromatic rings. The number of nitrogens with zero attached hydrogens (tertiary/aromatic N) is 1. The molecule has 0 unspecified atom stereocenters. The van der Waals surface area contributed by atoms with Crippen LogP contribution in [0.4, 0.5) is 0 Å². The van der Waals surface area contributed by atoms with Gasteiger partial charge in [0.15, 0.2) is 0 Å². The van der Waals surface area contributed by atoms with Gasteiger partial charge in [0.05, 0.1) is 19.1 Å². The molecule has 5 nitrogen and oxygen atoms in total. The summed E-state index contributed by atoms with van der Waals surface area (Å²) in [4.78, 5) is 14.3. The van der Waals surface area contributed by atoms with Crippen molar-refractivity contribution >= 4 is 17.5 Å². The van der Waals surface area contributed by atoms with Crippen LogP contribution in [0.1, 0.15) is 17.5 Å². The van der Waals surface area contributed by atoms with Gasteiger partial charge < -0.3 is 20.4 Å². The van der Waals surface area contributed by atoms with Crippen LogP contribution in [0.2, 0.25) is 5.02 Å². The van der Waals surface area contributed by atoms with Crippen molar-refractivity contribution in [1.82, 2.24) is 10.2 Å². The van der Waals surface area contributed by atoms with E-state index in [4.69, 9.17) is 11.6 Å². The van der Waals surface area contributed by atoms with Crippen LogP contribution in [0.3, 0.4) is 0 Å². The Morgan fingerprint density at radius 2 is 1.89 bits per heavy atom. The summed E-state index contributed by atoms with van der Waals surface area (Å²) in [6.07, 6.45) is 0.527. The summed E-state index contributed by atoms with van der Waals surface area (Å²) in [5.41, 5.74) is 0.623. The third-order valence-electron chi connectivity index (χ3n) is 5.27. The molecule has 3 N–H and O–H groups in total. The van der Waals surface area contributed by atoms with E-state index in [1.807, 2.05) is 54.6 Å². The van der Waals surface area contributed by atoms with Crippen molar-refractivity contribution in [1.29, 1.82) is 0 Å². The number of piperidine rings is 1. The number of carbonyl (C=O) groups is 1. The van der Waals surface area contributed by atoms with E-state index in [9.17, 15) is 15.0 Å². The number of rotatable bonds is 7. The van der Waals surface area contributed by atoms with Crippen LogP contribution in [-0.4, -0.2) is 58.9 Å². The first-order chi connectivity index (χ1) is 13.5. The average molecular weight is 403 g/mol. The van der Waals surface area contributed by atoms with Gasteiger partial charge in [-0.3, -0.25) is 4.79 Å². The molecular weight excluding hydrogens is 376 g/mol. The molecule has 1 heterocycles. The van der Waals surface area contributed by atoms with Crippen molar-refractivity contribution in [3.05, 3.63) is 70.7 Å². The second-order valence-electron chi connectivity index (χ2n) is 7.40. The lowest BCUT2D eigenvalue weighted by atomic mass is 9.89. The zero-order valence-electron chi connectivity index (χ0n) is 15.9. The molecule has 1 aliphatic heterocycles. The maximum atomic E-state index is 12.6. The largest absolute Gasteiger partial charge is 0.390 e. The summed E-state index contributed by atoms with van der Waals surface area (Å²) >= 11 is 6.16. The van der Waals surface area contributed by atoms with Gasteiger partial charge in [0.1, 0.15) is 5.60 Å². The van der Waals surface area contributed by atoms with Crippen LogP contribution in [0.15, 0.2) is 54.6 Å². The minimum atomic E-state index is -1.36. The van der Waals surface area contributed by atoms with Crippen molar-refractivity contribution in [2.75, 3.05) is 26.2 Å². The minimum absolute atomic E-state index is 0.0346. The highest BCUT2D eigenvalue weighted by atomic mass is 35.5. The highest BCUT2D eigenvalue weighted by molar-refractivity contribution is 6.31. The molecule has 0 spiro atoms. The predicted octanol–water partition coefficient (Wildman–Crippen LogP) is 2.04. The number of amides is 1. The fraction of sp³-hybridized carbons (Fsp3) is 0.409. The van der Waals surface area contributed by atoms with Gasteiger partial charge in [-0.05, 0) is 36.6 Å². The second kappa shape index (κ2) is 9.52. The summed E-state index contributed by atoms with van der Waals surface area (Å²) in [6.45, 7) is 1.41. The summed E-state index contributed by atoms with van der Waals surface area (Å²) in [7, 11) is 0. The first kappa shape index (κ1) is 20.8. The van der Waals surface area contributed by atoms with E-state index in [1.54, 1.807) is 4.90 Å². The molecule has 1 amide bonds. The molecule has 1 aliphatic rings. The van der Waals surface area contributed by atoms with E-state index in [2.05, 4.69) is 5.32 Å². The number of nitrogens with one attached hydrogen (secondary N) is 1. The smallest absolute Gasteiger partial charge is 0.227 e. The fourth-order valence-corrected chi connectivity index (χ4v) is 3.79. The van der Waals surface area contributed by atoms with Crippen LogP contribution in [0.25, 0.3) is 0 Å². The Kier molecular flexibility index (Phi) is 7.08. The van der Waals surface area contributed by atoms with Crippen LogP contribution in [0, 0.1) is 0 Å². The Bertz CT molecular complexity index is 786. The monoisotopic (exact) mass is 402 g/mol. The number of benzene rings is 2. The van der Waals surface area contributed by atoms with Gasteiger partial charge in [0.25, 0.3) is 0 Å². The molecule has 2 atom stereocenters. The van der Waals surface area contributed by atoms with Crippen LogP contribution < -0.4 is 5.32 Å². The summed E-state index contributed by atoms with van der Waals surface area (Å²) < 4.78 is 0. The quantitative estimate of drug-likeness (QED) is 0.620. The Labute approximate surface area is 170 Å². The first-order valence-electron chi connectivity index (χ1n) is 9.64. The third-order valence-corrected chi connectivity index (χ3v) is 5.64. The number of hydrogen-bond acceptors (Lipinski definition) is 4. The molecule has 0 radical (unpaired) electrons. The van der Waals surface area contributed by atoms with Gasteiger partial charge in [-0.2, -0.15) is 0 Å². The third kappa shape index (κ3) is 5.32. The molecule has 2 aromatic carbocycles. The van der Waals surface area contributed by atoms with Gasteiger partial charge in [-0.25, -0.2) is 0 Å². The summed E-state index contributed by atoms with van der Waals surface area (Å²) in [6, 6.07) is 17.2. The van der Waals surface area contributed by atoms with E-state index in [0.717, 1.165) is 22.6 Å². The van der Waals surface area contributed by atoms with Crippen LogP contribution in [-0.2, 0) is 17.6 Å². The highest BCUT2D eigenvalue weighted by Gasteiger charge is 2.42. The average Bonchev–Trinajstić information content (AvgIpc) is 2.69. The maximum absolute atomic E-state index is 12.6. The number of carbonyl (C=O) groups excluding carboxylic acids is 1. The lowest BCUT2D eigenvalue weighted by Crippen LogP contribution is -2.62. The first-order valence-corrected chi connectivity index (χ1v) is 10.0. The molecule has 0 aliphatic carbocycles. The van der Waals surface area contributed by atoms with Crippen molar-refractivity contribution in [3.8, 4) is 0 Å². The van der Waals surface area contributed by atoms with Crippen LogP contribution in [0.5, 0.6) is 0 Å². The van der Waals surface area contributed by atoms with Gasteiger partial charge in [-0.15, -0.1) is 0 Å². The number of likely N-dealkylation sites (tertiary alicyclic amines) is 1. The Balaban J connectivity index is 1.52. The zero-order chi connectivity index (χ0) is 20.0. The topological polar surface area (TPSA) is 72.8 Å². The highest BCUT2D eigenvalue weighted by Crippen LogP contribution is 2.22. The van der Waals surface area contributed by atoms with Crippen molar-refractivity contribution in [2.45, 2.75) is 31.0 Å². The number of halogens is 1. The number of β-amino-alcohol motifs (C(OH)–C–C–N with tert-alkyl or cyclic N) is 1. The maximum Gasteiger partial charge on any atom is 0.227 e. The summed E-state index contributed by atoms with van der Waals surface area (Å²) in [5, 5.41) is 25.2. The fourth-order valence-electron chi connectivity index (χ4n) is 3.56. The number of hydrogen-bond donors (Lipinski definition) is 3. The van der Waals surface area contributed by atoms with Crippen LogP contribution >= 0.6 is 11.6 Å². The molecule has 1 fully saturated rings. The van der Waals surface area contributed by atoms with E-state index in [0.29, 0.717) is 25.9 Å². The standard InChI is InChI=1S/C22H27ClN2O3/c23-19-9-5-4-8-18(19)10-12-24-15-22(28)16-25(13-11-20(22)26)21(27)14-17-6-2-1-3-7-17/h1-9,20,24,26,28H,10-16H2/t20-,22+/m1/s1. The lowest BCUT2D eigenvalue weighted by molar-refractivity contribution is -0.150. The van der Waals surface area contributed by atoms with Gasteiger partial charge in [0.2, 0.25) is 5.91 Å². The summed E-state index contributed by atoms with van der Waals surface area (Å²) in [5.74, 6) is -0.0346. The predicted molar refractivity (Wildman–Crippen MR) is 110 cm³/mol. The molecule has 0 saturated carbocycles. The number of aliphatic hydroxyl groups excluding tert-OH is 1. The van der Waals surface area contributed by atoms with Gasteiger partial charge in [-0.1, -0.05) is 60.1 Å². The molecule has 6 heteroatoms. The zero-order valence-corrected chi connectivity index (χ0v) is 16.6. The SMILES string of the molecule is O=C(Cc1ccccc1)N1CC[C@@H](O)[C@](O)(CNCCc2ccccc2Cl)C1. The molecular formula is C22H27ClN2O3. The molecule has 28 heavy (non-hydrogen) atoms. The van der Waals surface area contributed by atoms with E-state index < -0.39 is 11.7 Å². The number of aliphatic hydroxyl groups is 2. The second-order valence-corrected chi connectivity index (χ2v) is 7.81. The Hall–Kier alpha value is -1.92. The van der Waals surface area contributed by atoms with Crippen molar-refractivity contribution in [3.63, 3.8) is 0 Å². The normalized spacial score (nSPS) is 22.2. The molecule has 1 saturated heterocycles. The van der Waals surface area contributed by atoms with E-state index >= 15 is 0 Å². The van der Waals surface area contributed by atoms with Crippen molar-refractivity contribution < 1.29 is 15.0 Å². The lowest BCUT2D eigenvalue weighted by Gasteiger charge is -2.43. The van der Waals surface area contributed by atoms with E-state index in [1.165, 1.54) is 0 Å². The molecule has 150 valence electrons. The minimum Gasteiger partial charge on any atom is -0.390 e. The van der Waals surface area contributed by atoms with E-state index in [-0.39, 0.29) is 19.0 Å². The van der Waals surface area contributed by atoms with Gasteiger partial charge in [0, 0.05) is 18.1 Å². The Morgan fingerprint density at radius 1 is 1.18 bits per heavy atom. The van der Waals surface area contributed by atoms with Crippen molar-refractivity contribution in [2.24, 2.45) is 0 Å².